The van der Waals surface area contributed by atoms with Crippen molar-refractivity contribution in [3.63, 3.8) is 0 Å². The summed E-state index contributed by atoms with van der Waals surface area (Å²) in [4.78, 5) is 23.3. The Morgan fingerprint density at radius 3 is 1.77 bits per heavy atom. The summed E-state index contributed by atoms with van der Waals surface area (Å²) in [6, 6.07) is 0. The number of aliphatic carboxylic acids is 2. The topological polar surface area (TPSA) is 99.7 Å². The summed E-state index contributed by atoms with van der Waals surface area (Å²) in [7, 11) is 0. The molecule has 0 aromatic rings. The minimum absolute atomic E-state index is 0.233. The van der Waals surface area contributed by atoms with Crippen LogP contribution in [-0.4, -0.2) is 46.6 Å². The van der Waals surface area contributed by atoms with Crippen molar-refractivity contribution in [2.45, 2.75) is 121 Å². The number of rotatable bonds is 13. The molecule has 2 heterocycles. The molecule has 4 fully saturated rings. The third-order valence-corrected chi connectivity index (χ3v) is 8.08. The van der Waals surface area contributed by atoms with Crippen LogP contribution in [0.5, 0.6) is 0 Å². The Kier molecular flexibility index (Phi) is 7.03. The second kappa shape index (κ2) is 9.56. The molecule has 2 saturated heterocycles. The van der Waals surface area contributed by atoms with Crippen molar-refractivity contribution < 1.29 is 29.3 Å². The molecule has 0 amide bonds. The molecule has 4 rings (SSSR count). The van der Waals surface area contributed by atoms with Gasteiger partial charge in [-0.3, -0.25) is 9.59 Å². The molecule has 2 aliphatic carbocycles. The molecule has 6 heteroatoms. The number of carboxylic acids is 2. The SMILES string of the molecule is O=C(O)CCCCCCCC(CC1CCC2OC2C1)(CC1CCC2OC2C1)C(=O)O. The zero-order valence-electron chi connectivity index (χ0n) is 18.1. The largest absolute Gasteiger partial charge is 0.481 e. The summed E-state index contributed by atoms with van der Waals surface area (Å²) in [6.07, 6.45) is 15.2. The van der Waals surface area contributed by atoms with Crippen molar-refractivity contribution in [1.82, 2.24) is 0 Å². The molecule has 2 saturated carbocycles. The standard InChI is InChI=1S/C24H38O6/c25-22(26)6-4-2-1-3-5-11-24(23(27)28,14-16-7-9-18-20(12-16)29-18)15-17-8-10-19-21(13-17)30-19/h16-21H,1-15H2,(H,25,26)(H,27,28). The van der Waals surface area contributed by atoms with Crippen LogP contribution < -0.4 is 0 Å². The third kappa shape index (κ3) is 5.76. The number of hydrogen-bond donors (Lipinski definition) is 2. The summed E-state index contributed by atoms with van der Waals surface area (Å²) in [5.74, 6) is -0.405. The van der Waals surface area contributed by atoms with Gasteiger partial charge in [0.2, 0.25) is 0 Å². The van der Waals surface area contributed by atoms with Crippen LogP contribution >= 0.6 is 0 Å². The first-order valence-electron chi connectivity index (χ1n) is 12.2. The van der Waals surface area contributed by atoms with E-state index in [4.69, 9.17) is 14.6 Å². The Morgan fingerprint density at radius 2 is 1.27 bits per heavy atom. The highest BCUT2D eigenvalue weighted by molar-refractivity contribution is 5.74. The van der Waals surface area contributed by atoms with E-state index in [0.717, 1.165) is 83.5 Å². The van der Waals surface area contributed by atoms with Crippen molar-refractivity contribution in [3.05, 3.63) is 0 Å². The third-order valence-electron chi connectivity index (χ3n) is 8.08. The highest BCUT2D eigenvalue weighted by Crippen LogP contribution is 2.50. The van der Waals surface area contributed by atoms with E-state index in [2.05, 4.69) is 0 Å². The lowest BCUT2D eigenvalue weighted by Crippen LogP contribution is -2.37. The van der Waals surface area contributed by atoms with Crippen molar-refractivity contribution in [2.24, 2.45) is 17.3 Å². The van der Waals surface area contributed by atoms with Gasteiger partial charge in [-0.15, -0.1) is 0 Å². The van der Waals surface area contributed by atoms with Crippen LogP contribution in [0.15, 0.2) is 0 Å². The first kappa shape index (κ1) is 22.1. The maximum Gasteiger partial charge on any atom is 0.309 e. The lowest BCUT2D eigenvalue weighted by atomic mass is 9.66. The molecule has 6 nitrogen and oxygen atoms in total. The molecule has 2 N–H and O–H groups in total. The fourth-order valence-corrected chi connectivity index (χ4v) is 6.29. The molecule has 2 aliphatic heterocycles. The van der Waals surface area contributed by atoms with Gasteiger partial charge in [-0.25, -0.2) is 0 Å². The van der Waals surface area contributed by atoms with Crippen LogP contribution in [0.25, 0.3) is 0 Å². The Morgan fingerprint density at radius 1 is 0.733 bits per heavy atom. The summed E-state index contributed by atoms with van der Waals surface area (Å²) in [6.45, 7) is 0. The van der Waals surface area contributed by atoms with Gasteiger partial charge in [-0.05, 0) is 76.0 Å². The van der Waals surface area contributed by atoms with Gasteiger partial charge in [-0.1, -0.05) is 25.7 Å². The van der Waals surface area contributed by atoms with Crippen LogP contribution in [0.1, 0.15) is 96.3 Å². The van der Waals surface area contributed by atoms with E-state index in [1.807, 2.05) is 0 Å². The predicted molar refractivity (Wildman–Crippen MR) is 111 cm³/mol. The van der Waals surface area contributed by atoms with E-state index in [1.165, 1.54) is 0 Å². The van der Waals surface area contributed by atoms with Gasteiger partial charge in [0, 0.05) is 6.42 Å². The van der Waals surface area contributed by atoms with Gasteiger partial charge in [0.1, 0.15) is 0 Å². The highest BCUT2D eigenvalue weighted by atomic mass is 16.6. The Bertz CT molecular complexity index is 589. The number of unbranched alkanes of at least 4 members (excludes halogenated alkanes) is 4. The van der Waals surface area contributed by atoms with E-state index < -0.39 is 17.4 Å². The smallest absolute Gasteiger partial charge is 0.309 e. The van der Waals surface area contributed by atoms with Gasteiger partial charge in [0.15, 0.2) is 0 Å². The van der Waals surface area contributed by atoms with Crippen LogP contribution in [0.2, 0.25) is 0 Å². The average molecular weight is 423 g/mol. The summed E-state index contributed by atoms with van der Waals surface area (Å²) in [5.41, 5.74) is -0.625. The number of fused-ring (bicyclic) bond motifs is 2. The normalized spacial score (nSPS) is 36.3. The fourth-order valence-electron chi connectivity index (χ4n) is 6.29. The van der Waals surface area contributed by atoms with Crippen molar-refractivity contribution in [3.8, 4) is 0 Å². The molecule has 0 aromatic carbocycles. The molecular weight excluding hydrogens is 384 g/mol. The van der Waals surface area contributed by atoms with E-state index in [9.17, 15) is 14.7 Å². The summed E-state index contributed by atoms with van der Waals surface area (Å²) in [5, 5.41) is 19.2. The quantitative estimate of drug-likeness (QED) is 0.327. The Balaban J connectivity index is 1.32. The molecule has 0 radical (unpaired) electrons. The maximum atomic E-state index is 12.7. The second-order valence-corrected chi connectivity index (χ2v) is 10.4. The van der Waals surface area contributed by atoms with Crippen LogP contribution in [0.3, 0.4) is 0 Å². The molecule has 0 spiro atoms. The Hall–Kier alpha value is -1.14. The maximum absolute atomic E-state index is 12.7. The van der Waals surface area contributed by atoms with Crippen LogP contribution in [0.4, 0.5) is 0 Å². The second-order valence-electron chi connectivity index (χ2n) is 10.4. The first-order valence-corrected chi connectivity index (χ1v) is 12.2. The molecule has 30 heavy (non-hydrogen) atoms. The molecule has 0 aromatic heterocycles. The van der Waals surface area contributed by atoms with Crippen molar-refractivity contribution in [2.75, 3.05) is 0 Å². The monoisotopic (exact) mass is 422 g/mol. The van der Waals surface area contributed by atoms with E-state index in [-0.39, 0.29) is 6.42 Å². The molecule has 6 unspecified atom stereocenters. The molecule has 4 aliphatic rings. The summed E-state index contributed by atoms with van der Waals surface area (Å²) >= 11 is 0. The first-order chi connectivity index (χ1) is 14.4. The molecule has 6 atom stereocenters. The van der Waals surface area contributed by atoms with Crippen molar-refractivity contribution >= 4 is 11.9 Å². The average Bonchev–Trinajstić information content (AvgIpc) is 3.60. The number of carbonyl (C=O) groups is 2. The van der Waals surface area contributed by atoms with E-state index >= 15 is 0 Å². The van der Waals surface area contributed by atoms with Gasteiger partial charge < -0.3 is 19.7 Å². The fraction of sp³-hybridized carbons (Fsp3) is 0.917. The van der Waals surface area contributed by atoms with Gasteiger partial charge in [-0.2, -0.15) is 0 Å². The van der Waals surface area contributed by atoms with Crippen molar-refractivity contribution in [1.29, 1.82) is 0 Å². The van der Waals surface area contributed by atoms with Gasteiger partial charge in [0.05, 0.1) is 29.8 Å². The number of epoxide rings is 2. The zero-order chi connectivity index (χ0) is 21.1. The summed E-state index contributed by atoms with van der Waals surface area (Å²) < 4.78 is 11.4. The highest BCUT2D eigenvalue weighted by Gasteiger charge is 2.50. The number of carboxylic acid groups (broad SMARTS) is 2. The van der Waals surface area contributed by atoms with E-state index in [1.54, 1.807) is 0 Å². The lowest BCUT2D eigenvalue weighted by Gasteiger charge is -2.37. The lowest BCUT2D eigenvalue weighted by molar-refractivity contribution is -0.152. The van der Waals surface area contributed by atoms with Crippen LogP contribution in [0, 0.1) is 17.3 Å². The Labute approximate surface area is 179 Å². The predicted octanol–water partition coefficient (Wildman–Crippen LogP) is 4.79. The number of hydrogen-bond acceptors (Lipinski definition) is 4. The molecule has 0 bridgehead atoms. The minimum Gasteiger partial charge on any atom is -0.481 e. The van der Waals surface area contributed by atoms with Crippen LogP contribution in [-0.2, 0) is 19.1 Å². The minimum atomic E-state index is -0.733. The van der Waals surface area contributed by atoms with Gasteiger partial charge >= 0.3 is 11.9 Å². The van der Waals surface area contributed by atoms with E-state index in [0.29, 0.717) is 42.7 Å². The van der Waals surface area contributed by atoms with Gasteiger partial charge in [0.25, 0.3) is 0 Å². The zero-order valence-corrected chi connectivity index (χ0v) is 18.1. The molecule has 170 valence electrons. The molecular formula is C24H38O6. The number of ether oxygens (including phenoxy) is 2.